The van der Waals surface area contributed by atoms with Crippen molar-refractivity contribution in [2.24, 2.45) is 0 Å². The molecule has 0 amide bonds. The minimum Gasteiger partial charge on any atom is -0.380 e. The van der Waals surface area contributed by atoms with Gasteiger partial charge >= 0.3 is 0 Å². The highest BCUT2D eigenvalue weighted by Crippen LogP contribution is 2.12. The highest BCUT2D eigenvalue weighted by atomic mass is 16.5. The Morgan fingerprint density at radius 2 is 2.07 bits per heavy atom. The third kappa shape index (κ3) is 3.81. The number of benzene rings is 1. The molecule has 1 aromatic carbocycles. The van der Waals surface area contributed by atoms with E-state index >= 15 is 0 Å². The Kier molecular flexibility index (Phi) is 5.01. The van der Waals surface area contributed by atoms with Crippen molar-refractivity contribution < 1.29 is 14.6 Å². The van der Waals surface area contributed by atoms with Crippen LogP contribution < -0.4 is 0 Å². The summed E-state index contributed by atoms with van der Waals surface area (Å²) in [6.45, 7) is 2.50. The molecule has 0 radical (unpaired) electrons. The first-order chi connectivity index (χ1) is 7.25. The van der Waals surface area contributed by atoms with Crippen LogP contribution in [0.15, 0.2) is 30.3 Å². The van der Waals surface area contributed by atoms with Crippen molar-refractivity contribution in [1.82, 2.24) is 0 Å². The molecule has 3 heteroatoms. The van der Waals surface area contributed by atoms with E-state index in [1.54, 1.807) is 24.3 Å². The van der Waals surface area contributed by atoms with E-state index in [1.165, 1.54) is 0 Å². The molecule has 0 spiro atoms. The molecule has 1 N–H and O–H groups in total. The van der Waals surface area contributed by atoms with Crippen LogP contribution in [0.25, 0.3) is 0 Å². The lowest BCUT2D eigenvalue weighted by Crippen LogP contribution is -2.18. The second-order valence-corrected chi connectivity index (χ2v) is 3.33. The van der Waals surface area contributed by atoms with Crippen LogP contribution in [0.4, 0.5) is 0 Å². The SMILES string of the molecule is CCCOCC(=O)C(O)c1ccccc1. The predicted octanol–water partition coefficient (Wildman–Crippen LogP) is 1.72. The maximum absolute atomic E-state index is 11.4. The summed E-state index contributed by atoms with van der Waals surface area (Å²) in [4.78, 5) is 11.4. The van der Waals surface area contributed by atoms with Crippen LogP contribution in [0.3, 0.4) is 0 Å². The first-order valence-electron chi connectivity index (χ1n) is 5.09. The molecule has 0 bridgehead atoms. The van der Waals surface area contributed by atoms with E-state index in [2.05, 4.69) is 0 Å². The third-order valence-corrected chi connectivity index (χ3v) is 2.01. The zero-order valence-electron chi connectivity index (χ0n) is 8.85. The van der Waals surface area contributed by atoms with Crippen LogP contribution in [-0.2, 0) is 9.53 Å². The van der Waals surface area contributed by atoms with Crippen molar-refractivity contribution in [3.8, 4) is 0 Å². The monoisotopic (exact) mass is 208 g/mol. The summed E-state index contributed by atoms with van der Waals surface area (Å²) in [5, 5.41) is 9.66. The topological polar surface area (TPSA) is 46.5 Å². The largest absolute Gasteiger partial charge is 0.380 e. The second kappa shape index (κ2) is 6.32. The molecule has 0 aliphatic heterocycles. The van der Waals surface area contributed by atoms with Gasteiger partial charge in [-0.1, -0.05) is 37.3 Å². The van der Waals surface area contributed by atoms with Crippen molar-refractivity contribution in [2.45, 2.75) is 19.4 Å². The van der Waals surface area contributed by atoms with E-state index in [-0.39, 0.29) is 12.4 Å². The summed E-state index contributed by atoms with van der Waals surface area (Å²) in [6, 6.07) is 8.87. The van der Waals surface area contributed by atoms with Crippen molar-refractivity contribution in [3.63, 3.8) is 0 Å². The molecule has 1 aromatic rings. The lowest BCUT2D eigenvalue weighted by Gasteiger charge is -2.09. The van der Waals surface area contributed by atoms with E-state index < -0.39 is 6.10 Å². The number of carbonyl (C=O) groups excluding carboxylic acids is 1. The van der Waals surface area contributed by atoms with E-state index in [9.17, 15) is 9.90 Å². The normalized spacial score (nSPS) is 12.4. The predicted molar refractivity (Wildman–Crippen MR) is 57.5 cm³/mol. The van der Waals surface area contributed by atoms with E-state index in [4.69, 9.17) is 4.74 Å². The summed E-state index contributed by atoms with van der Waals surface area (Å²) in [6.07, 6.45) is -0.197. The molecule has 82 valence electrons. The first kappa shape index (κ1) is 11.9. The fourth-order valence-corrected chi connectivity index (χ4v) is 1.22. The number of carbonyl (C=O) groups is 1. The molecule has 1 rings (SSSR count). The number of Topliss-reactive ketones (excluding diaryl/α,β-unsaturated/α-hetero) is 1. The fraction of sp³-hybridized carbons (Fsp3) is 0.417. The average Bonchev–Trinajstić information content (AvgIpc) is 2.29. The first-order valence-corrected chi connectivity index (χ1v) is 5.09. The van der Waals surface area contributed by atoms with E-state index in [1.807, 2.05) is 13.0 Å². The van der Waals surface area contributed by atoms with Gasteiger partial charge in [0.1, 0.15) is 12.7 Å². The Labute approximate surface area is 89.7 Å². The molecule has 1 unspecified atom stereocenters. The van der Waals surface area contributed by atoms with Gasteiger partial charge in [-0.3, -0.25) is 4.79 Å². The number of ketones is 1. The number of hydrogen-bond acceptors (Lipinski definition) is 3. The molecular formula is C12H16O3. The van der Waals surface area contributed by atoms with Gasteiger partial charge in [0.15, 0.2) is 5.78 Å². The van der Waals surface area contributed by atoms with Gasteiger partial charge < -0.3 is 9.84 Å². The molecule has 15 heavy (non-hydrogen) atoms. The molecule has 0 aromatic heterocycles. The second-order valence-electron chi connectivity index (χ2n) is 3.33. The number of rotatable bonds is 6. The van der Waals surface area contributed by atoms with Crippen molar-refractivity contribution in [1.29, 1.82) is 0 Å². The maximum atomic E-state index is 11.4. The van der Waals surface area contributed by atoms with Crippen molar-refractivity contribution >= 4 is 5.78 Å². The third-order valence-electron chi connectivity index (χ3n) is 2.01. The number of ether oxygens (including phenoxy) is 1. The van der Waals surface area contributed by atoms with Gasteiger partial charge in [0.25, 0.3) is 0 Å². The van der Waals surface area contributed by atoms with Gasteiger partial charge in [-0.2, -0.15) is 0 Å². The fourth-order valence-electron chi connectivity index (χ4n) is 1.22. The number of aliphatic hydroxyl groups is 1. The van der Waals surface area contributed by atoms with Crippen LogP contribution in [0.1, 0.15) is 25.0 Å². The minimum atomic E-state index is -1.07. The Bertz CT molecular complexity index is 295. The van der Waals surface area contributed by atoms with Crippen LogP contribution in [0.2, 0.25) is 0 Å². The Morgan fingerprint density at radius 3 is 2.67 bits per heavy atom. The summed E-state index contributed by atoms with van der Waals surface area (Å²) in [5.41, 5.74) is 0.614. The maximum Gasteiger partial charge on any atom is 0.191 e. The van der Waals surface area contributed by atoms with Crippen molar-refractivity contribution in [3.05, 3.63) is 35.9 Å². The zero-order chi connectivity index (χ0) is 11.1. The summed E-state index contributed by atoms with van der Waals surface area (Å²) < 4.78 is 5.08. The van der Waals surface area contributed by atoms with Crippen LogP contribution in [0, 0.1) is 0 Å². The Balaban J connectivity index is 2.46. The van der Waals surface area contributed by atoms with Gasteiger partial charge in [0.2, 0.25) is 0 Å². The smallest absolute Gasteiger partial charge is 0.191 e. The molecule has 0 aliphatic carbocycles. The molecule has 0 aliphatic rings. The van der Waals surface area contributed by atoms with Gasteiger partial charge in [-0.25, -0.2) is 0 Å². The molecule has 0 heterocycles. The van der Waals surface area contributed by atoms with E-state index in [0.29, 0.717) is 12.2 Å². The molecule has 0 saturated carbocycles. The van der Waals surface area contributed by atoms with Gasteiger partial charge in [0.05, 0.1) is 0 Å². The summed E-state index contributed by atoms with van der Waals surface area (Å²) in [5.74, 6) is -0.297. The Hall–Kier alpha value is -1.19. The zero-order valence-corrected chi connectivity index (χ0v) is 8.85. The molecular weight excluding hydrogens is 192 g/mol. The van der Waals surface area contributed by atoms with Gasteiger partial charge in [0, 0.05) is 6.61 Å². The van der Waals surface area contributed by atoms with Gasteiger partial charge in [-0.15, -0.1) is 0 Å². The van der Waals surface area contributed by atoms with E-state index in [0.717, 1.165) is 6.42 Å². The lowest BCUT2D eigenvalue weighted by molar-refractivity contribution is -0.132. The molecule has 3 nitrogen and oxygen atoms in total. The highest BCUT2D eigenvalue weighted by Gasteiger charge is 2.16. The summed E-state index contributed by atoms with van der Waals surface area (Å²) in [7, 11) is 0. The lowest BCUT2D eigenvalue weighted by atomic mass is 10.1. The highest BCUT2D eigenvalue weighted by molar-refractivity contribution is 5.85. The van der Waals surface area contributed by atoms with Crippen LogP contribution in [0.5, 0.6) is 0 Å². The summed E-state index contributed by atoms with van der Waals surface area (Å²) >= 11 is 0. The van der Waals surface area contributed by atoms with Crippen LogP contribution >= 0.6 is 0 Å². The minimum absolute atomic E-state index is 0.0239. The van der Waals surface area contributed by atoms with Crippen LogP contribution in [-0.4, -0.2) is 24.1 Å². The van der Waals surface area contributed by atoms with Gasteiger partial charge in [-0.05, 0) is 12.0 Å². The molecule has 1 atom stereocenters. The molecule has 0 fully saturated rings. The molecule has 0 saturated heterocycles. The number of hydrogen-bond donors (Lipinski definition) is 1. The number of aliphatic hydroxyl groups excluding tert-OH is 1. The average molecular weight is 208 g/mol. The standard InChI is InChI=1S/C12H16O3/c1-2-8-15-9-11(13)12(14)10-6-4-3-5-7-10/h3-7,12,14H,2,8-9H2,1H3. The van der Waals surface area contributed by atoms with Crippen molar-refractivity contribution in [2.75, 3.05) is 13.2 Å². The quantitative estimate of drug-likeness (QED) is 0.724. The Morgan fingerprint density at radius 1 is 1.40 bits per heavy atom.